The summed E-state index contributed by atoms with van der Waals surface area (Å²) < 4.78 is 0. The Labute approximate surface area is 127 Å². The van der Waals surface area contributed by atoms with Gasteiger partial charge in [0.2, 0.25) is 0 Å². The Morgan fingerprint density at radius 2 is 1.84 bits per heavy atom. The van der Waals surface area contributed by atoms with E-state index >= 15 is 0 Å². The molecule has 1 fully saturated rings. The van der Waals surface area contributed by atoms with Gasteiger partial charge in [0.15, 0.2) is 0 Å². The van der Waals surface area contributed by atoms with E-state index in [9.17, 15) is 0 Å². The molecule has 106 valence electrons. The molecule has 1 aliphatic carbocycles. The monoisotopic (exact) mass is 314 g/mol. The highest BCUT2D eigenvalue weighted by Crippen LogP contribution is 2.62. The van der Waals surface area contributed by atoms with Crippen molar-refractivity contribution in [3.05, 3.63) is 30.3 Å². The highest BCUT2D eigenvalue weighted by atomic mass is 35.7. The fraction of sp³-hybridized carbons (Fsp3) is 0.625. The molecule has 0 bridgehead atoms. The van der Waals surface area contributed by atoms with E-state index in [-0.39, 0.29) is 0 Å². The zero-order valence-corrected chi connectivity index (χ0v) is 14.5. The minimum Gasteiger partial charge on any atom is -0.0803 e. The van der Waals surface area contributed by atoms with Crippen LogP contribution in [-0.4, -0.2) is 5.66 Å². The maximum absolute atomic E-state index is 6.97. The predicted octanol–water partition coefficient (Wildman–Crippen LogP) is 5.41. The van der Waals surface area contributed by atoms with Crippen LogP contribution >= 0.6 is 16.6 Å². The Hall–Kier alpha value is 0.160. The second-order valence-corrected chi connectivity index (χ2v) is 12.6. The lowest BCUT2D eigenvalue weighted by molar-refractivity contribution is 0.242. The second kappa shape index (κ2) is 6.29. The first-order valence-electron chi connectivity index (χ1n) is 7.28. The van der Waals surface area contributed by atoms with Crippen molar-refractivity contribution < 1.29 is 0 Å². The van der Waals surface area contributed by atoms with E-state index in [1.807, 2.05) is 6.07 Å². The second-order valence-electron chi connectivity index (χ2n) is 6.31. The molecule has 4 unspecified atom stereocenters. The standard InChI is InChI=1S/C16H24ClPS/c1-12(2)15-10-9-13(3)11-16(15)18(17,19)14-7-5-4-6-8-14/h4-8,12-13,15-16H,9-11H2,1-3H3. The SMILES string of the molecule is CC1CCC(C(C)C)C(P(=S)(Cl)c2ccccc2)C1. The molecule has 0 aromatic heterocycles. The van der Waals surface area contributed by atoms with Crippen LogP contribution in [0.15, 0.2) is 30.3 Å². The first-order chi connectivity index (χ1) is 8.93. The van der Waals surface area contributed by atoms with E-state index < -0.39 is 5.39 Å². The summed E-state index contributed by atoms with van der Waals surface area (Å²) in [5.74, 6) is 2.15. The molecule has 1 saturated carbocycles. The van der Waals surface area contributed by atoms with Crippen molar-refractivity contribution in [3.63, 3.8) is 0 Å². The fourth-order valence-electron chi connectivity index (χ4n) is 3.36. The van der Waals surface area contributed by atoms with Gasteiger partial charge >= 0.3 is 0 Å². The Balaban J connectivity index is 2.33. The van der Waals surface area contributed by atoms with Gasteiger partial charge in [0.25, 0.3) is 0 Å². The Bertz CT molecular complexity index is 457. The summed E-state index contributed by atoms with van der Waals surface area (Å²) in [6.07, 6.45) is 3.83. The largest absolute Gasteiger partial charge is 0.0803 e. The molecular formula is C16H24ClPS. The molecular weight excluding hydrogens is 291 g/mol. The molecule has 0 nitrogen and oxygen atoms in total. The molecule has 0 aliphatic heterocycles. The molecule has 0 radical (unpaired) electrons. The van der Waals surface area contributed by atoms with E-state index in [1.165, 1.54) is 24.6 Å². The fourth-order valence-corrected chi connectivity index (χ4v) is 8.04. The average molecular weight is 315 g/mol. The van der Waals surface area contributed by atoms with Crippen molar-refractivity contribution in [2.24, 2.45) is 17.8 Å². The smallest absolute Gasteiger partial charge is 0.0690 e. The van der Waals surface area contributed by atoms with Crippen molar-refractivity contribution in [1.82, 2.24) is 0 Å². The van der Waals surface area contributed by atoms with Gasteiger partial charge in [-0.1, -0.05) is 80.6 Å². The maximum Gasteiger partial charge on any atom is 0.0690 e. The van der Waals surface area contributed by atoms with Gasteiger partial charge in [-0.05, 0) is 35.9 Å². The highest BCUT2D eigenvalue weighted by molar-refractivity contribution is 8.31. The number of rotatable bonds is 3. The molecule has 19 heavy (non-hydrogen) atoms. The van der Waals surface area contributed by atoms with Crippen LogP contribution in [0.4, 0.5) is 0 Å². The first kappa shape index (κ1) is 15.5. The van der Waals surface area contributed by atoms with Gasteiger partial charge in [-0.15, -0.1) is 0 Å². The number of hydrogen-bond donors (Lipinski definition) is 0. The molecule has 3 heteroatoms. The lowest BCUT2D eigenvalue weighted by atomic mass is 9.77. The molecule has 4 atom stereocenters. The van der Waals surface area contributed by atoms with E-state index in [1.54, 1.807) is 0 Å². The zero-order valence-electron chi connectivity index (χ0n) is 12.1. The van der Waals surface area contributed by atoms with Gasteiger partial charge in [-0.3, -0.25) is 0 Å². The van der Waals surface area contributed by atoms with Crippen molar-refractivity contribution in [2.75, 3.05) is 0 Å². The molecule has 0 spiro atoms. The van der Waals surface area contributed by atoms with Crippen LogP contribution in [0, 0.1) is 17.8 Å². The van der Waals surface area contributed by atoms with Gasteiger partial charge in [-0.25, -0.2) is 0 Å². The van der Waals surface area contributed by atoms with Crippen LogP contribution in [0.1, 0.15) is 40.0 Å². The van der Waals surface area contributed by atoms with Gasteiger partial charge < -0.3 is 0 Å². The highest BCUT2D eigenvalue weighted by Gasteiger charge is 2.39. The van der Waals surface area contributed by atoms with E-state index in [2.05, 4.69) is 45.0 Å². The van der Waals surface area contributed by atoms with Crippen molar-refractivity contribution in [2.45, 2.75) is 45.7 Å². The van der Waals surface area contributed by atoms with Gasteiger partial charge in [-0.2, -0.15) is 0 Å². The summed E-state index contributed by atoms with van der Waals surface area (Å²) in [5.41, 5.74) is 0.510. The maximum atomic E-state index is 6.97. The summed E-state index contributed by atoms with van der Waals surface area (Å²) in [7, 11) is 0. The van der Waals surface area contributed by atoms with Crippen LogP contribution in [0.25, 0.3) is 0 Å². The van der Waals surface area contributed by atoms with E-state index in [4.69, 9.17) is 23.0 Å². The summed E-state index contributed by atoms with van der Waals surface area (Å²) in [6, 6.07) is 10.4. The van der Waals surface area contributed by atoms with Gasteiger partial charge in [0.1, 0.15) is 0 Å². The topological polar surface area (TPSA) is 0 Å². The lowest BCUT2D eigenvalue weighted by Crippen LogP contribution is -2.33. The molecule has 0 heterocycles. The number of hydrogen-bond acceptors (Lipinski definition) is 1. The van der Waals surface area contributed by atoms with Gasteiger partial charge in [0, 0.05) is 5.66 Å². The molecule has 0 saturated heterocycles. The molecule has 1 aromatic carbocycles. The van der Waals surface area contributed by atoms with E-state index in [0.717, 1.165) is 5.92 Å². The number of halogens is 1. The van der Waals surface area contributed by atoms with E-state index in [0.29, 0.717) is 17.5 Å². The zero-order chi connectivity index (χ0) is 14.0. The minimum absolute atomic E-state index is 0.510. The molecule has 1 aromatic rings. The van der Waals surface area contributed by atoms with Crippen LogP contribution in [0.3, 0.4) is 0 Å². The third kappa shape index (κ3) is 3.43. The van der Waals surface area contributed by atoms with Crippen molar-refractivity contribution in [1.29, 1.82) is 0 Å². The molecule has 2 rings (SSSR count). The summed E-state index contributed by atoms with van der Waals surface area (Å²) in [5, 5.41) is -0.757. The van der Waals surface area contributed by atoms with Gasteiger partial charge in [0.05, 0.1) is 5.39 Å². The summed E-state index contributed by atoms with van der Waals surface area (Å²) >= 11 is 12.9. The van der Waals surface area contributed by atoms with Crippen LogP contribution in [0.5, 0.6) is 0 Å². The summed E-state index contributed by atoms with van der Waals surface area (Å²) in [6.45, 7) is 7.00. The number of benzene rings is 1. The van der Waals surface area contributed by atoms with Crippen molar-refractivity contribution in [3.8, 4) is 0 Å². The third-order valence-electron chi connectivity index (χ3n) is 4.52. The normalized spacial score (nSPS) is 31.1. The van der Waals surface area contributed by atoms with Crippen LogP contribution in [0.2, 0.25) is 0 Å². The molecule has 0 N–H and O–H groups in total. The quantitative estimate of drug-likeness (QED) is 0.673. The van der Waals surface area contributed by atoms with Crippen LogP contribution < -0.4 is 5.30 Å². The minimum atomic E-state index is -1.96. The van der Waals surface area contributed by atoms with Crippen LogP contribution in [-0.2, 0) is 11.8 Å². The lowest BCUT2D eigenvalue weighted by Gasteiger charge is -2.41. The third-order valence-corrected chi connectivity index (χ3v) is 9.75. The van der Waals surface area contributed by atoms with Crippen molar-refractivity contribution >= 4 is 33.7 Å². The molecule has 1 aliphatic rings. The average Bonchev–Trinajstić information content (AvgIpc) is 2.39. The Kier molecular flexibility index (Phi) is 5.15. The molecule has 0 amide bonds. The predicted molar refractivity (Wildman–Crippen MR) is 91.3 cm³/mol. The Morgan fingerprint density at radius 3 is 2.42 bits per heavy atom. The first-order valence-corrected chi connectivity index (χ1v) is 11.1. The Morgan fingerprint density at radius 1 is 1.21 bits per heavy atom. The summed E-state index contributed by atoms with van der Waals surface area (Å²) in [4.78, 5) is 0.